The third kappa shape index (κ3) is 6.57. The minimum Gasteiger partial charge on any atom is -0.393 e. The van der Waals surface area contributed by atoms with Gasteiger partial charge in [-0.2, -0.15) is 26.3 Å². The van der Waals surface area contributed by atoms with Crippen LogP contribution in [0.5, 0.6) is 0 Å². The van der Waals surface area contributed by atoms with Crippen LogP contribution in [0, 0.1) is 12.8 Å². The SMILES string of the molecule is Cc1sc(C(=O)c2cncnc2N[C@@H]2C[C@H](CNS(=O)(=O)O)[C@@H](O)C2)cc1[C@@H]1OCCc2ccc(C(F)(F)F)nc21. The van der Waals surface area contributed by atoms with E-state index in [4.69, 9.17) is 9.29 Å². The fraction of sp³-hybridized carbons (Fsp3) is 0.440. The number of rotatable bonds is 8. The fourth-order valence-corrected chi connectivity index (χ4v) is 6.59. The van der Waals surface area contributed by atoms with E-state index in [-0.39, 0.29) is 42.7 Å². The highest BCUT2D eigenvalue weighted by molar-refractivity contribution is 7.83. The minimum absolute atomic E-state index is 0.150. The molecule has 1 aliphatic heterocycles. The predicted molar refractivity (Wildman–Crippen MR) is 141 cm³/mol. The Hall–Kier alpha value is -3.02. The smallest absolute Gasteiger partial charge is 0.393 e. The Morgan fingerprint density at radius 2 is 2.05 bits per heavy atom. The standard InChI is InChI=1S/C25H26F3N5O6S2/c1-12-16(23-21-13(4-5-39-23)2-3-20(33-21)25(26,27)28)8-19(40-12)22(35)17-10-29-11-30-24(17)32-15-6-14(18(34)7-15)9-31-41(36,37)38/h2-3,8,10-11,14-15,18,23,31,34H,4-7,9H2,1H3,(H,29,30,32)(H,36,37,38)/t14-,15-,18+,23+/m1/s1. The molecule has 4 heterocycles. The Kier molecular flexibility index (Phi) is 8.15. The molecule has 220 valence electrons. The molecule has 4 N–H and O–H groups in total. The van der Waals surface area contributed by atoms with Crippen LogP contribution in [-0.2, 0) is 27.6 Å². The quantitative estimate of drug-likeness (QED) is 0.219. The second-order valence-corrected chi connectivity index (χ2v) is 12.4. The summed E-state index contributed by atoms with van der Waals surface area (Å²) in [5.41, 5.74) is 0.511. The zero-order valence-corrected chi connectivity index (χ0v) is 23.2. The molecule has 0 bridgehead atoms. The first-order valence-electron chi connectivity index (χ1n) is 12.6. The van der Waals surface area contributed by atoms with Gasteiger partial charge in [0.05, 0.1) is 28.8 Å². The van der Waals surface area contributed by atoms with Gasteiger partial charge < -0.3 is 15.2 Å². The lowest BCUT2D eigenvalue weighted by Gasteiger charge is -2.26. The van der Waals surface area contributed by atoms with Gasteiger partial charge in [-0.15, -0.1) is 11.3 Å². The first-order valence-corrected chi connectivity index (χ1v) is 14.9. The molecule has 3 aromatic rings. The number of carbonyl (C=O) groups is 1. The molecule has 1 aliphatic carbocycles. The van der Waals surface area contributed by atoms with Crippen LogP contribution in [0.2, 0.25) is 0 Å². The summed E-state index contributed by atoms with van der Waals surface area (Å²) in [6.45, 7) is 1.89. The van der Waals surface area contributed by atoms with E-state index in [0.717, 1.165) is 17.4 Å². The molecule has 0 radical (unpaired) electrons. The Balaban J connectivity index is 1.37. The van der Waals surface area contributed by atoms with Crippen LogP contribution in [0.15, 0.2) is 30.7 Å². The maximum absolute atomic E-state index is 13.6. The van der Waals surface area contributed by atoms with Gasteiger partial charge in [0.1, 0.15) is 23.9 Å². The number of thiophene rings is 1. The molecule has 41 heavy (non-hydrogen) atoms. The second kappa shape index (κ2) is 11.3. The minimum atomic E-state index is -4.61. The van der Waals surface area contributed by atoms with E-state index >= 15 is 0 Å². The number of aromatic nitrogens is 3. The molecule has 0 spiro atoms. The first kappa shape index (κ1) is 29.5. The van der Waals surface area contributed by atoms with E-state index in [1.807, 2.05) is 4.72 Å². The highest BCUT2D eigenvalue weighted by atomic mass is 32.2. The van der Waals surface area contributed by atoms with Gasteiger partial charge in [0.2, 0.25) is 5.78 Å². The number of halogens is 3. The number of alkyl halides is 3. The number of aliphatic hydroxyl groups excluding tert-OH is 1. The Bertz CT molecular complexity index is 1570. The van der Waals surface area contributed by atoms with Crippen LogP contribution in [0.3, 0.4) is 0 Å². The summed E-state index contributed by atoms with van der Waals surface area (Å²) in [6.07, 6.45) is -2.71. The molecule has 1 saturated carbocycles. The second-order valence-electron chi connectivity index (χ2n) is 9.94. The molecule has 0 saturated heterocycles. The number of nitrogens with zero attached hydrogens (tertiary/aromatic N) is 3. The van der Waals surface area contributed by atoms with Gasteiger partial charge in [0.15, 0.2) is 0 Å². The lowest BCUT2D eigenvalue weighted by molar-refractivity contribution is -0.141. The van der Waals surface area contributed by atoms with Crippen LogP contribution < -0.4 is 10.0 Å². The maximum Gasteiger partial charge on any atom is 0.433 e. The summed E-state index contributed by atoms with van der Waals surface area (Å²) >= 11 is 1.16. The van der Waals surface area contributed by atoms with E-state index in [9.17, 15) is 31.5 Å². The summed E-state index contributed by atoms with van der Waals surface area (Å²) in [6, 6.07) is 3.62. The zero-order valence-electron chi connectivity index (χ0n) is 21.6. The Morgan fingerprint density at radius 3 is 2.78 bits per heavy atom. The van der Waals surface area contributed by atoms with Gasteiger partial charge >= 0.3 is 16.5 Å². The lowest BCUT2D eigenvalue weighted by atomic mass is 9.97. The van der Waals surface area contributed by atoms with Crippen LogP contribution in [0.1, 0.15) is 61.6 Å². The molecular formula is C25H26F3N5O6S2. The molecule has 16 heteroatoms. The number of aliphatic hydroxyl groups is 1. The number of carbonyl (C=O) groups excluding carboxylic acids is 1. The van der Waals surface area contributed by atoms with Crippen LogP contribution in [0.4, 0.5) is 19.0 Å². The van der Waals surface area contributed by atoms with Crippen molar-refractivity contribution in [3.63, 3.8) is 0 Å². The summed E-state index contributed by atoms with van der Waals surface area (Å²) in [5.74, 6) is -0.666. The number of ketones is 1. The van der Waals surface area contributed by atoms with Crippen molar-refractivity contribution >= 4 is 33.2 Å². The maximum atomic E-state index is 13.6. The van der Waals surface area contributed by atoms with Gasteiger partial charge in [0.25, 0.3) is 0 Å². The number of ether oxygens (including phenoxy) is 1. The summed E-state index contributed by atoms with van der Waals surface area (Å²) < 4.78 is 78.8. The number of aryl methyl sites for hydroxylation is 1. The zero-order chi connectivity index (χ0) is 29.5. The summed E-state index contributed by atoms with van der Waals surface area (Å²) in [5, 5.41) is 13.5. The Labute approximate surface area is 237 Å². The fourth-order valence-electron chi connectivity index (χ4n) is 5.16. The average Bonchev–Trinajstić information content (AvgIpc) is 3.47. The van der Waals surface area contributed by atoms with E-state index in [0.29, 0.717) is 33.7 Å². The molecular weight excluding hydrogens is 587 g/mol. The largest absolute Gasteiger partial charge is 0.433 e. The number of hydrogen-bond donors (Lipinski definition) is 4. The molecule has 2 aliphatic rings. The van der Waals surface area contributed by atoms with Crippen molar-refractivity contribution in [2.45, 2.75) is 50.6 Å². The third-order valence-corrected chi connectivity index (χ3v) is 8.75. The number of fused-ring (bicyclic) bond motifs is 1. The summed E-state index contributed by atoms with van der Waals surface area (Å²) in [7, 11) is -4.40. The topological polar surface area (TPSA) is 164 Å². The van der Waals surface area contributed by atoms with E-state index in [1.165, 1.54) is 18.6 Å². The molecule has 11 nitrogen and oxygen atoms in total. The van der Waals surface area contributed by atoms with E-state index in [1.54, 1.807) is 13.0 Å². The van der Waals surface area contributed by atoms with Crippen LogP contribution in [-0.4, -0.2) is 64.1 Å². The van der Waals surface area contributed by atoms with Gasteiger partial charge in [-0.05, 0) is 43.9 Å². The number of hydrogen-bond acceptors (Lipinski definition) is 10. The molecule has 4 atom stereocenters. The van der Waals surface area contributed by atoms with Crippen LogP contribution >= 0.6 is 11.3 Å². The van der Waals surface area contributed by atoms with Gasteiger partial charge in [0, 0.05) is 35.1 Å². The predicted octanol–water partition coefficient (Wildman–Crippen LogP) is 3.10. The third-order valence-electron chi connectivity index (χ3n) is 7.15. The number of pyridine rings is 1. The van der Waals surface area contributed by atoms with Crippen molar-refractivity contribution in [1.82, 2.24) is 19.7 Å². The molecule has 0 unspecified atom stereocenters. The monoisotopic (exact) mass is 613 g/mol. The average molecular weight is 614 g/mol. The highest BCUT2D eigenvalue weighted by Crippen LogP contribution is 2.39. The van der Waals surface area contributed by atoms with Crippen LogP contribution in [0.25, 0.3) is 0 Å². The van der Waals surface area contributed by atoms with Gasteiger partial charge in [-0.1, -0.05) is 6.07 Å². The normalized spacial score (nSPS) is 22.9. The van der Waals surface area contributed by atoms with E-state index in [2.05, 4.69) is 20.3 Å². The molecule has 0 amide bonds. The lowest BCUT2D eigenvalue weighted by Crippen LogP contribution is -2.32. The highest BCUT2D eigenvalue weighted by Gasteiger charge is 2.37. The first-order chi connectivity index (χ1) is 19.3. The number of nitrogens with one attached hydrogen (secondary N) is 2. The molecule has 0 aromatic carbocycles. The van der Waals surface area contributed by atoms with Crippen molar-refractivity contribution in [2.75, 3.05) is 18.5 Å². The number of anilines is 1. The Morgan fingerprint density at radius 1 is 1.27 bits per heavy atom. The van der Waals surface area contributed by atoms with Crippen molar-refractivity contribution < 1.29 is 40.8 Å². The van der Waals surface area contributed by atoms with Gasteiger partial charge in [-0.25, -0.2) is 15.0 Å². The van der Waals surface area contributed by atoms with Crippen molar-refractivity contribution in [3.8, 4) is 0 Å². The van der Waals surface area contributed by atoms with E-state index < -0.39 is 46.1 Å². The molecule has 5 rings (SSSR count). The summed E-state index contributed by atoms with van der Waals surface area (Å²) in [4.78, 5) is 26.6. The van der Waals surface area contributed by atoms with Crippen molar-refractivity contribution in [1.29, 1.82) is 0 Å². The van der Waals surface area contributed by atoms with Crippen molar-refractivity contribution in [3.05, 3.63) is 68.6 Å². The molecule has 3 aromatic heterocycles. The molecule has 1 fully saturated rings. The van der Waals surface area contributed by atoms with Crippen molar-refractivity contribution in [2.24, 2.45) is 5.92 Å². The van der Waals surface area contributed by atoms with Gasteiger partial charge in [-0.3, -0.25) is 9.35 Å².